The third kappa shape index (κ3) is 3.65. The summed E-state index contributed by atoms with van der Waals surface area (Å²) in [6.07, 6.45) is 1.00. The van der Waals surface area contributed by atoms with Crippen LogP contribution in [0.25, 0.3) is 10.2 Å². The number of carbonyl (C=O) groups excluding carboxylic acids is 1. The Balaban J connectivity index is 1.61. The second-order valence-corrected chi connectivity index (χ2v) is 6.25. The zero-order valence-corrected chi connectivity index (χ0v) is 14.4. The summed E-state index contributed by atoms with van der Waals surface area (Å²) >= 11 is 1.48. The quantitative estimate of drug-likeness (QED) is 0.738. The Kier molecular flexibility index (Phi) is 4.96. The maximum atomic E-state index is 12.1. The number of thiazole rings is 1. The summed E-state index contributed by atoms with van der Waals surface area (Å²) in [5, 5.41) is 3.50. The molecular weight excluding hydrogens is 324 g/mol. The third-order valence-electron chi connectivity index (χ3n) is 3.63. The van der Waals surface area contributed by atoms with Gasteiger partial charge in [-0.1, -0.05) is 29.5 Å². The van der Waals surface area contributed by atoms with Gasteiger partial charge in [0.1, 0.15) is 0 Å². The highest BCUT2D eigenvalue weighted by atomic mass is 32.1. The van der Waals surface area contributed by atoms with Crippen molar-refractivity contribution in [2.45, 2.75) is 12.8 Å². The largest absolute Gasteiger partial charge is 0.493 e. The minimum absolute atomic E-state index is 0.0520. The van der Waals surface area contributed by atoms with E-state index in [0.717, 1.165) is 15.8 Å². The van der Waals surface area contributed by atoms with Gasteiger partial charge in [-0.15, -0.1) is 0 Å². The number of aromatic nitrogens is 1. The van der Waals surface area contributed by atoms with Crippen LogP contribution in [0, 0.1) is 0 Å². The number of carbonyl (C=O) groups is 1. The molecule has 0 saturated heterocycles. The standard InChI is InChI=1S/C18H18N2O3S/c1-22-14-9-7-12(11-15(14)23-2)8-10-17(21)20-18-19-13-5-3-4-6-16(13)24-18/h3-7,9,11H,8,10H2,1-2H3,(H,19,20,21). The molecule has 24 heavy (non-hydrogen) atoms. The number of methoxy groups -OCH3 is 2. The van der Waals surface area contributed by atoms with Crippen molar-refractivity contribution in [3.8, 4) is 11.5 Å². The van der Waals surface area contributed by atoms with Crippen molar-refractivity contribution < 1.29 is 14.3 Å². The number of ether oxygens (including phenoxy) is 2. The average molecular weight is 342 g/mol. The molecule has 0 bridgehead atoms. The van der Waals surface area contributed by atoms with Gasteiger partial charge in [0.15, 0.2) is 16.6 Å². The fourth-order valence-electron chi connectivity index (χ4n) is 2.40. The zero-order chi connectivity index (χ0) is 16.9. The fraction of sp³-hybridized carbons (Fsp3) is 0.222. The number of nitrogens with zero attached hydrogens (tertiary/aromatic N) is 1. The van der Waals surface area contributed by atoms with Crippen molar-refractivity contribution in [1.82, 2.24) is 4.98 Å². The van der Waals surface area contributed by atoms with Crippen molar-refractivity contribution in [1.29, 1.82) is 0 Å². The second-order valence-electron chi connectivity index (χ2n) is 5.22. The van der Waals surface area contributed by atoms with Gasteiger partial charge in [0.2, 0.25) is 5.91 Å². The van der Waals surface area contributed by atoms with Crippen LogP contribution in [0.5, 0.6) is 11.5 Å². The van der Waals surface area contributed by atoms with Crippen molar-refractivity contribution in [2.75, 3.05) is 19.5 Å². The molecule has 1 aromatic heterocycles. The Labute approximate surface area is 144 Å². The molecule has 2 aromatic carbocycles. The van der Waals surface area contributed by atoms with E-state index in [1.54, 1.807) is 14.2 Å². The van der Waals surface area contributed by atoms with Crippen molar-refractivity contribution in [2.24, 2.45) is 0 Å². The molecular formula is C18H18N2O3S. The van der Waals surface area contributed by atoms with Gasteiger partial charge in [0.05, 0.1) is 24.4 Å². The van der Waals surface area contributed by atoms with Gasteiger partial charge in [-0.25, -0.2) is 4.98 Å². The van der Waals surface area contributed by atoms with E-state index in [-0.39, 0.29) is 5.91 Å². The molecule has 124 valence electrons. The second kappa shape index (κ2) is 7.31. The van der Waals surface area contributed by atoms with Crippen LogP contribution in [0.2, 0.25) is 0 Å². The molecule has 0 saturated carbocycles. The number of hydrogen-bond donors (Lipinski definition) is 1. The number of aryl methyl sites for hydroxylation is 1. The topological polar surface area (TPSA) is 60.5 Å². The summed E-state index contributed by atoms with van der Waals surface area (Å²) in [5.74, 6) is 1.30. The van der Waals surface area contributed by atoms with E-state index in [1.807, 2.05) is 42.5 Å². The van der Waals surface area contributed by atoms with Crippen molar-refractivity contribution in [3.05, 3.63) is 48.0 Å². The lowest BCUT2D eigenvalue weighted by Crippen LogP contribution is -2.12. The Morgan fingerprint density at radius 3 is 2.67 bits per heavy atom. The van der Waals surface area contributed by atoms with Gasteiger partial charge in [-0.05, 0) is 36.2 Å². The first-order chi connectivity index (χ1) is 11.7. The van der Waals surface area contributed by atoms with E-state index in [1.165, 1.54) is 11.3 Å². The molecule has 0 aliphatic heterocycles. The van der Waals surface area contributed by atoms with Crippen LogP contribution in [0.1, 0.15) is 12.0 Å². The predicted molar refractivity (Wildman–Crippen MR) is 96.1 cm³/mol. The Morgan fingerprint density at radius 1 is 1.12 bits per heavy atom. The maximum Gasteiger partial charge on any atom is 0.226 e. The highest BCUT2D eigenvalue weighted by Crippen LogP contribution is 2.28. The number of benzene rings is 2. The summed E-state index contributed by atoms with van der Waals surface area (Å²) in [7, 11) is 3.20. The SMILES string of the molecule is COc1ccc(CCC(=O)Nc2nc3ccccc3s2)cc1OC. The van der Waals surface area contributed by atoms with Crippen LogP contribution in [0.4, 0.5) is 5.13 Å². The van der Waals surface area contributed by atoms with E-state index in [2.05, 4.69) is 10.3 Å². The molecule has 0 fully saturated rings. The molecule has 0 atom stereocenters. The van der Waals surface area contributed by atoms with E-state index in [4.69, 9.17) is 9.47 Å². The minimum Gasteiger partial charge on any atom is -0.493 e. The summed E-state index contributed by atoms with van der Waals surface area (Å²) in [5.41, 5.74) is 1.92. The van der Waals surface area contributed by atoms with E-state index >= 15 is 0 Å². The first kappa shape index (κ1) is 16.3. The predicted octanol–water partition coefficient (Wildman–Crippen LogP) is 3.88. The first-order valence-corrected chi connectivity index (χ1v) is 8.37. The summed E-state index contributed by atoms with van der Waals surface area (Å²) < 4.78 is 11.6. The molecule has 6 heteroatoms. The van der Waals surface area contributed by atoms with Crippen LogP contribution >= 0.6 is 11.3 Å². The maximum absolute atomic E-state index is 12.1. The van der Waals surface area contributed by atoms with Gasteiger partial charge in [-0.2, -0.15) is 0 Å². The minimum atomic E-state index is -0.0520. The van der Waals surface area contributed by atoms with Gasteiger partial charge in [0.25, 0.3) is 0 Å². The molecule has 0 spiro atoms. The fourth-order valence-corrected chi connectivity index (χ4v) is 3.28. The smallest absolute Gasteiger partial charge is 0.226 e. The van der Waals surface area contributed by atoms with E-state index in [0.29, 0.717) is 29.5 Å². The van der Waals surface area contributed by atoms with Gasteiger partial charge in [0, 0.05) is 6.42 Å². The van der Waals surface area contributed by atoms with Gasteiger partial charge >= 0.3 is 0 Å². The molecule has 3 rings (SSSR count). The molecule has 1 heterocycles. The van der Waals surface area contributed by atoms with Crippen LogP contribution in [0.15, 0.2) is 42.5 Å². The third-order valence-corrected chi connectivity index (χ3v) is 4.58. The number of amides is 1. The van der Waals surface area contributed by atoms with Crippen LogP contribution in [-0.2, 0) is 11.2 Å². The van der Waals surface area contributed by atoms with E-state index < -0.39 is 0 Å². The van der Waals surface area contributed by atoms with Crippen molar-refractivity contribution >= 4 is 32.6 Å². The lowest BCUT2D eigenvalue weighted by atomic mass is 10.1. The molecule has 0 unspecified atom stereocenters. The molecule has 0 radical (unpaired) electrons. The zero-order valence-electron chi connectivity index (χ0n) is 13.5. The molecule has 3 aromatic rings. The highest BCUT2D eigenvalue weighted by molar-refractivity contribution is 7.22. The molecule has 5 nitrogen and oxygen atoms in total. The molecule has 1 N–H and O–H groups in total. The normalized spacial score (nSPS) is 10.6. The highest BCUT2D eigenvalue weighted by Gasteiger charge is 2.09. The summed E-state index contributed by atoms with van der Waals surface area (Å²) in [4.78, 5) is 16.5. The lowest BCUT2D eigenvalue weighted by Gasteiger charge is -2.09. The number of rotatable bonds is 6. The number of nitrogens with one attached hydrogen (secondary N) is 1. The Morgan fingerprint density at radius 2 is 1.92 bits per heavy atom. The van der Waals surface area contributed by atoms with Crippen molar-refractivity contribution in [3.63, 3.8) is 0 Å². The lowest BCUT2D eigenvalue weighted by molar-refractivity contribution is -0.116. The number of anilines is 1. The molecule has 1 amide bonds. The number of para-hydroxylation sites is 1. The van der Waals surface area contributed by atoms with Crippen LogP contribution in [-0.4, -0.2) is 25.1 Å². The first-order valence-electron chi connectivity index (χ1n) is 7.56. The molecule has 0 aliphatic rings. The summed E-state index contributed by atoms with van der Waals surface area (Å²) in [6, 6.07) is 13.5. The Bertz CT molecular complexity index is 827. The Hall–Kier alpha value is -2.60. The number of fused-ring (bicyclic) bond motifs is 1. The summed E-state index contributed by atoms with van der Waals surface area (Å²) in [6.45, 7) is 0. The van der Waals surface area contributed by atoms with Gasteiger partial charge in [-0.3, -0.25) is 4.79 Å². The van der Waals surface area contributed by atoms with E-state index in [9.17, 15) is 4.79 Å². The van der Waals surface area contributed by atoms with Crippen LogP contribution < -0.4 is 14.8 Å². The van der Waals surface area contributed by atoms with Gasteiger partial charge < -0.3 is 14.8 Å². The average Bonchev–Trinajstić information content (AvgIpc) is 3.01. The molecule has 0 aliphatic carbocycles. The monoisotopic (exact) mass is 342 g/mol. The van der Waals surface area contributed by atoms with Crippen LogP contribution in [0.3, 0.4) is 0 Å². The number of hydrogen-bond acceptors (Lipinski definition) is 5.